The molecule has 2 N–H and O–H groups in total. The van der Waals surface area contributed by atoms with E-state index < -0.39 is 10.8 Å². The van der Waals surface area contributed by atoms with Gasteiger partial charge in [0.2, 0.25) is 0 Å². The van der Waals surface area contributed by atoms with Crippen molar-refractivity contribution in [1.82, 2.24) is 5.32 Å². The lowest BCUT2D eigenvalue weighted by Gasteiger charge is -2.14. The number of amides is 1. The van der Waals surface area contributed by atoms with Crippen molar-refractivity contribution in [2.24, 2.45) is 5.41 Å². The van der Waals surface area contributed by atoms with Gasteiger partial charge in [-0.05, 0) is 36.8 Å². The molecule has 1 fully saturated rings. The molecule has 0 aromatic heterocycles. The summed E-state index contributed by atoms with van der Waals surface area (Å²) in [7, 11) is 0. The van der Waals surface area contributed by atoms with Crippen LogP contribution in [0, 0.1) is 15.5 Å². The number of nitrogens with zero attached hydrogens (tertiary/aromatic N) is 1. The van der Waals surface area contributed by atoms with Gasteiger partial charge in [-0.3, -0.25) is 14.9 Å². The van der Waals surface area contributed by atoms with Crippen LogP contribution in [0.2, 0.25) is 5.02 Å². The highest BCUT2D eigenvalue weighted by molar-refractivity contribution is 6.31. The van der Waals surface area contributed by atoms with Crippen LogP contribution < -0.4 is 5.32 Å². The third kappa shape index (κ3) is 3.26. The van der Waals surface area contributed by atoms with Gasteiger partial charge < -0.3 is 10.4 Å². The van der Waals surface area contributed by atoms with E-state index in [0.29, 0.717) is 13.0 Å². The zero-order valence-electron chi connectivity index (χ0n) is 10.8. The summed E-state index contributed by atoms with van der Waals surface area (Å²) in [6, 6.07) is 3.96. The summed E-state index contributed by atoms with van der Waals surface area (Å²) < 4.78 is 0. The summed E-state index contributed by atoms with van der Waals surface area (Å²) in [6.45, 7) is 0.503. The fourth-order valence-corrected chi connectivity index (χ4v) is 2.31. The van der Waals surface area contributed by atoms with E-state index in [-0.39, 0.29) is 28.3 Å². The van der Waals surface area contributed by atoms with Gasteiger partial charge in [-0.1, -0.05) is 11.6 Å². The summed E-state index contributed by atoms with van der Waals surface area (Å²) in [5, 5.41) is 22.8. The number of rotatable bonds is 6. The van der Waals surface area contributed by atoms with Gasteiger partial charge in [0.15, 0.2) is 0 Å². The Hall–Kier alpha value is -1.66. The van der Waals surface area contributed by atoms with E-state index in [1.54, 1.807) is 0 Å². The Morgan fingerprint density at radius 1 is 1.50 bits per heavy atom. The average Bonchev–Trinajstić information content (AvgIpc) is 3.16. The minimum Gasteiger partial charge on any atom is -0.396 e. The molecule has 0 saturated heterocycles. The fraction of sp³-hybridized carbons (Fsp3) is 0.462. The fourth-order valence-electron chi connectivity index (χ4n) is 2.14. The molecule has 1 aliphatic carbocycles. The molecular weight excluding hydrogens is 284 g/mol. The van der Waals surface area contributed by atoms with Gasteiger partial charge in [-0.15, -0.1) is 0 Å². The molecule has 1 aliphatic rings. The molecule has 7 heteroatoms. The molecule has 0 unspecified atom stereocenters. The van der Waals surface area contributed by atoms with Gasteiger partial charge in [0.05, 0.1) is 4.92 Å². The number of nitro benzene ring substituents is 1. The van der Waals surface area contributed by atoms with Crippen molar-refractivity contribution in [2.45, 2.75) is 19.3 Å². The van der Waals surface area contributed by atoms with Crippen LogP contribution in [0.15, 0.2) is 18.2 Å². The number of aliphatic hydroxyl groups excluding tert-OH is 1. The van der Waals surface area contributed by atoms with Crippen LogP contribution in [-0.2, 0) is 0 Å². The van der Waals surface area contributed by atoms with Crippen molar-refractivity contribution in [3.05, 3.63) is 38.9 Å². The Kier molecular flexibility index (Phi) is 4.25. The molecule has 0 atom stereocenters. The lowest BCUT2D eigenvalue weighted by Crippen LogP contribution is -2.31. The van der Waals surface area contributed by atoms with Crippen LogP contribution in [0.25, 0.3) is 0 Å². The molecule has 0 spiro atoms. The first-order valence-electron chi connectivity index (χ1n) is 6.30. The molecule has 6 nitrogen and oxygen atoms in total. The molecule has 108 valence electrons. The molecule has 0 radical (unpaired) electrons. The van der Waals surface area contributed by atoms with Crippen LogP contribution in [0.1, 0.15) is 29.6 Å². The van der Waals surface area contributed by atoms with Gasteiger partial charge in [0.25, 0.3) is 11.6 Å². The molecule has 1 aromatic rings. The smallest absolute Gasteiger partial charge is 0.283 e. The van der Waals surface area contributed by atoms with Crippen molar-refractivity contribution >= 4 is 23.2 Å². The number of halogens is 1. The molecule has 20 heavy (non-hydrogen) atoms. The topological polar surface area (TPSA) is 92.5 Å². The molecule has 1 saturated carbocycles. The zero-order valence-corrected chi connectivity index (χ0v) is 11.5. The molecule has 1 amide bonds. The van der Waals surface area contributed by atoms with Crippen LogP contribution >= 0.6 is 11.6 Å². The second-order valence-electron chi connectivity index (χ2n) is 5.07. The van der Waals surface area contributed by atoms with Crippen molar-refractivity contribution in [3.8, 4) is 0 Å². The monoisotopic (exact) mass is 298 g/mol. The summed E-state index contributed by atoms with van der Waals surface area (Å²) in [5.74, 6) is -0.488. The molecule has 0 aliphatic heterocycles. The van der Waals surface area contributed by atoms with Gasteiger partial charge in [0, 0.05) is 24.2 Å². The van der Waals surface area contributed by atoms with E-state index in [4.69, 9.17) is 16.7 Å². The number of hydrogen-bond donors (Lipinski definition) is 2. The number of aliphatic hydroxyl groups is 1. The Balaban J connectivity index is 2.08. The Bertz CT molecular complexity index is 543. The molecule has 2 rings (SSSR count). The summed E-state index contributed by atoms with van der Waals surface area (Å²) in [5.41, 5.74) is -0.341. The van der Waals surface area contributed by atoms with E-state index in [0.717, 1.165) is 18.9 Å². The maximum atomic E-state index is 12.0. The number of carbonyl (C=O) groups is 1. The van der Waals surface area contributed by atoms with E-state index in [2.05, 4.69) is 5.32 Å². The maximum absolute atomic E-state index is 12.0. The number of nitro groups is 1. The highest BCUT2D eigenvalue weighted by atomic mass is 35.5. The molecule has 0 bridgehead atoms. The largest absolute Gasteiger partial charge is 0.396 e. The van der Waals surface area contributed by atoms with Crippen LogP contribution in [0.4, 0.5) is 5.69 Å². The first kappa shape index (κ1) is 14.7. The van der Waals surface area contributed by atoms with Gasteiger partial charge in [-0.25, -0.2) is 0 Å². The summed E-state index contributed by atoms with van der Waals surface area (Å²) in [6.07, 6.45) is 2.54. The van der Waals surface area contributed by atoms with Crippen molar-refractivity contribution in [3.63, 3.8) is 0 Å². The number of benzene rings is 1. The lowest BCUT2D eigenvalue weighted by atomic mass is 10.0. The second-order valence-corrected chi connectivity index (χ2v) is 5.51. The first-order valence-corrected chi connectivity index (χ1v) is 6.68. The Morgan fingerprint density at radius 2 is 2.20 bits per heavy atom. The van der Waals surface area contributed by atoms with Crippen molar-refractivity contribution < 1.29 is 14.8 Å². The highest BCUT2D eigenvalue weighted by Crippen LogP contribution is 2.47. The first-order chi connectivity index (χ1) is 9.47. The van der Waals surface area contributed by atoms with Crippen molar-refractivity contribution in [2.75, 3.05) is 13.2 Å². The summed E-state index contributed by atoms with van der Waals surface area (Å²) >= 11 is 5.70. The maximum Gasteiger partial charge on any atom is 0.283 e. The molecule has 1 aromatic carbocycles. The molecule has 0 heterocycles. The predicted molar refractivity (Wildman–Crippen MR) is 73.8 cm³/mol. The predicted octanol–water partition coefficient (Wildman–Crippen LogP) is 2.14. The van der Waals surface area contributed by atoms with Crippen LogP contribution in [0.5, 0.6) is 0 Å². The SMILES string of the molecule is O=C(NCC1(CCO)CC1)c1ccc(Cl)cc1[N+](=O)[O-]. The Morgan fingerprint density at radius 3 is 2.75 bits per heavy atom. The minimum atomic E-state index is -0.624. The van der Waals surface area contributed by atoms with Crippen molar-refractivity contribution in [1.29, 1.82) is 0 Å². The van der Waals surface area contributed by atoms with E-state index >= 15 is 0 Å². The number of carbonyl (C=O) groups excluding carboxylic acids is 1. The van der Waals surface area contributed by atoms with E-state index in [1.807, 2.05) is 0 Å². The third-order valence-electron chi connectivity index (χ3n) is 3.62. The van der Waals surface area contributed by atoms with Gasteiger partial charge in [0.1, 0.15) is 5.56 Å². The van der Waals surface area contributed by atoms with E-state index in [9.17, 15) is 14.9 Å². The van der Waals surface area contributed by atoms with Crippen LogP contribution in [-0.4, -0.2) is 29.1 Å². The van der Waals surface area contributed by atoms with E-state index in [1.165, 1.54) is 12.1 Å². The van der Waals surface area contributed by atoms with Gasteiger partial charge >= 0.3 is 0 Å². The van der Waals surface area contributed by atoms with Gasteiger partial charge in [-0.2, -0.15) is 0 Å². The standard InChI is InChI=1S/C13H15ClN2O4/c14-9-1-2-10(11(7-9)16(19)20)12(18)15-8-13(3-4-13)5-6-17/h1-2,7,17H,3-6,8H2,(H,15,18). The lowest BCUT2D eigenvalue weighted by molar-refractivity contribution is -0.385. The summed E-state index contributed by atoms with van der Waals surface area (Å²) in [4.78, 5) is 22.3. The Labute approximate surface area is 120 Å². The third-order valence-corrected chi connectivity index (χ3v) is 3.86. The normalized spacial score (nSPS) is 15.7. The zero-order chi connectivity index (χ0) is 14.8. The second kappa shape index (κ2) is 5.76. The highest BCUT2D eigenvalue weighted by Gasteiger charge is 2.42. The minimum absolute atomic E-state index is 0.000742. The average molecular weight is 299 g/mol. The quantitative estimate of drug-likeness (QED) is 0.621. The number of hydrogen-bond acceptors (Lipinski definition) is 4. The number of nitrogens with one attached hydrogen (secondary N) is 1. The van der Waals surface area contributed by atoms with Crippen LogP contribution in [0.3, 0.4) is 0 Å². The molecular formula is C13H15ClN2O4.